The number of aliphatic hydroxyl groups is 1. The van der Waals surface area contributed by atoms with E-state index in [0.717, 1.165) is 22.1 Å². The maximum Gasteiger partial charge on any atom is 0.336 e. The number of hydrogen-bond donors (Lipinski definition) is 1. The lowest BCUT2D eigenvalue weighted by Gasteiger charge is -2.45. The van der Waals surface area contributed by atoms with Crippen LogP contribution >= 0.6 is 15.9 Å². The zero-order valence-corrected chi connectivity index (χ0v) is 20.9. The van der Waals surface area contributed by atoms with Crippen LogP contribution in [0.3, 0.4) is 0 Å². The Morgan fingerprint density at radius 2 is 1.53 bits per heavy atom. The molecule has 0 fully saturated rings. The van der Waals surface area contributed by atoms with E-state index in [1.807, 2.05) is 36.4 Å². The number of carbonyl (C=O) groups excluding carboxylic acids is 1. The molecule has 0 aromatic heterocycles. The molecule has 0 bridgehead atoms. The molecule has 2 aromatic carbocycles. The number of ether oxygens (including phenoxy) is 1. The van der Waals surface area contributed by atoms with Gasteiger partial charge in [-0.15, -0.1) is 0 Å². The van der Waals surface area contributed by atoms with Crippen molar-refractivity contribution in [3.8, 4) is 0 Å². The molecule has 1 N–H and O–H groups in total. The average Bonchev–Trinajstić information content (AvgIpc) is 2.73. The van der Waals surface area contributed by atoms with Crippen LogP contribution in [-0.2, 0) is 14.0 Å². The summed E-state index contributed by atoms with van der Waals surface area (Å²) >= 11 is 3.40. The fourth-order valence-electron chi connectivity index (χ4n) is 3.83. The molecule has 0 saturated carbocycles. The Morgan fingerprint density at radius 3 is 1.93 bits per heavy atom. The average molecular weight is 494 g/mol. The number of alkyl halides is 1. The maximum absolute atomic E-state index is 12.9. The third kappa shape index (κ3) is 5.61. The molecule has 0 saturated heterocycles. The van der Waals surface area contributed by atoms with Crippen molar-refractivity contribution >= 4 is 40.6 Å². The van der Waals surface area contributed by atoms with Crippen LogP contribution in [0.1, 0.15) is 40.5 Å². The standard InChI is InChI=1S/C24H33BrO4Si/c1-5-28-23(27)22(21(26)17-12-18-25)29-30(24(2,3)4,19-13-8-6-9-14-19)20-15-10-7-11-16-20/h6-11,13-16,21-22,26H,5,12,17-18H2,1-4H3/t21-,22?/m1/s1. The molecule has 2 rings (SSSR count). The summed E-state index contributed by atoms with van der Waals surface area (Å²) in [5.41, 5.74) is 0. The molecule has 0 aliphatic rings. The normalized spacial score (nSPS) is 14.2. The molecular weight excluding hydrogens is 460 g/mol. The van der Waals surface area contributed by atoms with E-state index in [0.29, 0.717) is 6.42 Å². The molecular formula is C24H33BrO4Si. The monoisotopic (exact) mass is 492 g/mol. The number of carbonyl (C=O) groups is 1. The van der Waals surface area contributed by atoms with E-state index in [-0.39, 0.29) is 11.6 Å². The summed E-state index contributed by atoms with van der Waals surface area (Å²) in [6.45, 7) is 8.44. The van der Waals surface area contributed by atoms with Gasteiger partial charge in [-0.05, 0) is 35.2 Å². The first kappa shape index (κ1) is 24.8. The van der Waals surface area contributed by atoms with Crippen LogP contribution in [0.5, 0.6) is 0 Å². The zero-order chi connectivity index (χ0) is 22.2. The first-order valence-corrected chi connectivity index (χ1v) is 13.5. The van der Waals surface area contributed by atoms with Gasteiger partial charge in [0.2, 0.25) is 0 Å². The summed E-state index contributed by atoms with van der Waals surface area (Å²) in [5, 5.41) is 13.5. The highest BCUT2D eigenvalue weighted by Crippen LogP contribution is 2.38. The SMILES string of the molecule is CCOC(=O)C(O[Si](c1ccccc1)(c1ccccc1)C(C)(C)C)[C@H](O)CCCBr. The Labute approximate surface area is 189 Å². The number of halogens is 1. The van der Waals surface area contributed by atoms with Gasteiger partial charge in [-0.2, -0.15) is 0 Å². The van der Waals surface area contributed by atoms with Gasteiger partial charge in [0.05, 0.1) is 12.7 Å². The quantitative estimate of drug-likeness (QED) is 0.309. The highest BCUT2D eigenvalue weighted by atomic mass is 79.9. The molecule has 6 heteroatoms. The van der Waals surface area contributed by atoms with Crippen molar-refractivity contribution < 1.29 is 19.1 Å². The molecule has 0 amide bonds. The molecule has 164 valence electrons. The Kier molecular flexibility index (Phi) is 9.28. The van der Waals surface area contributed by atoms with Gasteiger partial charge >= 0.3 is 5.97 Å². The summed E-state index contributed by atoms with van der Waals surface area (Å²) in [4.78, 5) is 12.9. The lowest BCUT2D eigenvalue weighted by atomic mass is 10.1. The Balaban J connectivity index is 2.66. The molecule has 0 aliphatic heterocycles. The van der Waals surface area contributed by atoms with E-state index < -0.39 is 26.5 Å². The van der Waals surface area contributed by atoms with Crippen molar-refractivity contribution in [2.24, 2.45) is 0 Å². The van der Waals surface area contributed by atoms with E-state index in [1.165, 1.54) is 0 Å². The summed E-state index contributed by atoms with van der Waals surface area (Å²) in [6, 6.07) is 20.2. The number of esters is 1. The first-order valence-electron chi connectivity index (χ1n) is 10.5. The molecule has 2 aromatic rings. The van der Waals surface area contributed by atoms with Gasteiger partial charge in [0, 0.05) is 5.33 Å². The molecule has 1 unspecified atom stereocenters. The highest BCUT2D eigenvalue weighted by molar-refractivity contribution is 9.09. The third-order valence-electron chi connectivity index (χ3n) is 5.22. The van der Waals surface area contributed by atoms with E-state index in [9.17, 15) is 9.90 Å². The molecule has 0 radical (unpaired) electrons. The Morgan fingerprint density at radius 1 is 1.03 bits per heavy atom. The number of aliphatic hydroxyl groups excluding tert-OH is 1. The molecule has 30 heavy (non-hydrogen) atoms. The van der Waals surface area contributed by atoms with E-state index in [4.69, 9.17) is 9.16 Å². The Hall–Kier alpha value is -1.47. The molecule has 0 aliphatic carbocycles. The number of benzene rings is 2. The van der Waals surface area contributed by atoms with Gasteiger partial charge in [-0.1, -0.05) is 97.4 Å². The minimum Gasteiger partial charge on any atom is -0.464 e. The van der Waals surface area contributed by atoms with Crippen LogP contribution in [0.15, 0.2) is 60.7 Å². The summed E-state index contributed by atoms with van der Waals surface area (Å²) in [5.74, 6) is -0.507. The minimum atomic E-state index is -2.98. The largest absolute Gasteiger partial charge is 0.464 e. The topological polar surface area (TPSA) is 55.8 Å². The fraction of sp³-hybridized carbons (Fsp3) is 0.458. The minimum absolute atomic E-state index is 0.241. The second-order valence-electron chi connectivity index (χ2n) is 8.35. The second-order valence-corrected chi connectivity index (χ2v) is 13.4. The van der Waals surface area contributed by atoms with E-state index in [2.05, 4.69) is 61.0 Å². The summed E-state index contributed by atoms with van der Waals surface area (Å²) in [6.07, 6.45) is -0.799. The van der Waals surface area contributed by atoms with Gasteiger partial charge < -0.3 is 14.3 Å². The second kappa shape index (κ2) is 11.2. The van der Waals surface area contributed by atoms with Crippen LogP contribution in [0.2, 0.25) is 5.04 Å². The molecule has 0 heterocycles. The molecule has 0 spiro atoms. The van der Waals surface area contributed by atoms with Crippen molar-refractivity contribution in [1.82, 2.24) is 0 Å². The van der Waals surface area contributed by atoms with Crippen molar-refractivity contribution in [2.75, 3.05) is 11.9 Å². The van der Waals surface area contributed by atoms with Gasteiger partial charge in [0.15, 0.2) is 6.10 Å². The predicted octanol–water partition coefficient (Wildman–Crippen LogP) is 4.03. The van der Waals surface area contributed by atoms with Crippen LogP contribution in [0, 0.1) is 0 Å². The zero-order valence-electron chi connectivity index (χ0n) is 18.3. The van der Waals surface area contributed by atoms with Gasteiger partial charge in [-0.25, -0.2) is 4.79 Å². The number of hydrogen-bond acceptors (Lipinski definition) is 4. The van der Waals surface area contributed by atoms with Crippen molar-refractivity contribution in [3.05, 3.63) is 60.7 Å². The van der Waals surface area contributed by atoms with Crippen molar-refractivity contribution in [2.45, 2.75) is 57.8 Å². The predicted molar refractivity (Wildman–Crippen MR) is 128 cm³/mol. The highest BCUT2D eigenvalue weighted by Gasteiger charge is 2.53. The van der Waals surface area contributed by atoms with E-state index >= 15 is 0 Å². The fourth-order valence-corrected chi connectivity index (χ4v) is 8.80. The lowest BCUT2D eigenvalue weighted by molar-refractivity contribution is -0.157. The maximum atomic E-state index is 12.9. The summed E-state index contributed by atoms with van der Waals surface area (Å²) in [7, 11) is -2.98. The Bertz CT molecular complexity index is 737. The van der Waals surface area contributed by atoms with Crippen molar-refractivity contribution in [1.29, 1.82) is 0 Å². The van der Waals surface area contributed by atoms with Crippen LogP contribution in [0.4, 0.5) is 0 Å². The molecule has 4 nitrogen and oxygen atoms in total. The number of rotatable bonds is 10. The van der Waals surface area contributed by atoms with Crippen LogP contribution in [-0.4, -0.2) is 43.5 Å². The third-order valence-corrected chi connectivity index (χ3v) is 10.8. The van der Waals surface area contributed by atoms with E-state index in [1.54, 1.807) is 6.92 Å². The van der Waals surface area contributed by atoms with Crippen molar-refractivity contribution in [3.63, 3.8) is 0 Å². The van der Waals surface area contributed by atoms with Crippen LogP contribution in [0.25, 0.3) is 0 Å². The van der Waals surface area contributed by atoms with Gasteiger partial charge in [-0.3, -0.25) is 0 Å². The first-order chi connectivity index (χ1) is 14.3. The molecule has 2 atom stereocenters. The summed E-state index contributed by atoms with van der Waals surface area (Å²) < 4.78 is 12.2. The smallest absolute Gasteiger partial charge is 0.336 e. The lowest BCUT2D eigenvalue weighted by Crippen LogP contribution is -2.69. The van der Waals surface area contributed by atoms with Gasteiger partial charge in [0.1, 0.15) is 0 Å². The van der Waals surface area contributed by atoms with Crippen LogP contribution < -0.4 is 10.4 Å². The van der Waals surface area contributed by atoms with Gasteiger partial charge in [0.25, 0.3) is 8.32 Å².